The molecule has 1 N–H and O–H groups in total. The number of amides is 1. The van der Waals surface area contributed by atoms with Gasteiger partial charge in [-0.3, -0.25) is 18.9 Å². The first-order valence-electron chi connectivity index (χ1n) is 10.6. The molecule has 0 unspecified atom stereocenters. The summed E-state index contributed by atoms with van der Waals surface area (Å²) in [4.78, 5) is 32.9. The molecule has 3 heterocycles. The van der Waals surface area contributed by atoms with Crippen molar-refractivity contribution in [1.82, 2.24) is 14.3 Å². The van der Waals surface area contributed by atoms with Gasteiger partial charge in [0.15, 0.2) is 0 Å². The van der Waals surface area contributed by atoms with Crippen molar-refractivity contribution in [1.29, 1.82) is 0 Å². The average molecular weight is 465 g/mol. The van der Waals surface area contributed by atoms with E-state index in [0.29, 0.717) is 39.3 Å². The molecule has 4 rings (SSSR count). The third kappa shape index (κ3) is 4.76. The number of fused-ring (bicyclic) bond motifs is 1. The molecular weight excluding hydrogens is 440 g/mol. The maximum atomic E-state index is 13.3. The van der Waals surface area contributed by atoms with Crippen LogP contribution in [0.3, 0.4) is 0 Å². The third-order valence-electron chi connectivity index (χ3n) is 5.20. The van der Waals surface area contributed by atoms with E-state index in [4.69, 9.17) is 12.2 Å². The number of anilines is 1. The van der Waals surface area contributed by atoms with Gasteiger partial charge in [-0.25, -0.2) is 4.98 Å². The number of nitrogens with one attached hydrogen (secondary N) is 1. The predicted octanol–water partition coefficient (Wildman–Crippen LogP) is 4.35. The van der Waals surface area contributed by atoms with Crippen LogP contribution in [0.25, 0.3) is 11.7 Å². The van der Waals surface area contributed by atoms with Crippen molar-refractivity contribution >= 4 is 51.7 Å². The number of thiocarbonyl (C=S) groups is 1. The highest BCUT2D eigenvalue weighted by atomic mass is 32.2. The molecule has 6 nitrogen and oxygen atoms in total. The second-order valence-corrected chi connectivity index (χ2v) is 9.13. The number of carbonyl (C=O) groups excluding carboxylic acids is 1. The predicted molar refractivity (Wildman–Crippen MR) is 135 cm³/mol. The van der Waals surface area contributed by atoms with Gasteiger partial charge >= 0.3 is 0 Å². The van der Waals surface area contributed by atoms with E-state index in [9.17, 15) is 9.59 Å². The van der Waals surface area contributed by atoms with Crippen LogP contribution < -0.4 is 10.9 Å². The molecule has 1 saturated heterocycles. The molecule has 0 bridgehead atoms. The highest BCUT2D eigenvalue weighted by Crippen LogP contribution is 2.33. The molecule has 0 radical (unpaired) electrons. The summed E-state index contributed by atoms with van der Waals surface area (Å²) in [6.45, 7) is 3.27. The summed E-state index contributed by atoms with van der Waals surface area (Å²) in [7, 11) is 0. The largest absolute Gasteiger partial charge is 0.369 e. The summed E-state index contributed by atoms with van der Waals surface area (Å²) >= 11 is 6.64. The van der Waals surface area contributed by atoms with Gasteiger partial charge in [-0.15, -0.1) is 0 Å². The molecule has 1 aliphatic rings. The van der Waals surface area contributed by atoms with Crippen molar-refractivity contribution in [2.75, 3.05) is 18.4 Å². The monoisotopic (exact) mass is 464 g/mol. The zero-order chi connectivity index (χ0) is 22.5. The summed E-state index contributed by atoms with van der Waals surface area (Å²) in [6, 6.07) is 15.5. The summed E-state index contributed by atoms with van der Waals surface area (Å²) in [5.41, 5.74) is 1.87. The van der Waals surface area contributed by atoms with Gasteiger partial charge in [0.25, 0.3) is 11.5 Å². The Hall–Kier alpha value is -2.97. The molecule has 0 atom stereocenters. The van der Waals surface area contributed by atoms with Crippen LogP contribution in [0.2, 0.25) is 0 Å². The highest BCUT2D eigenvalue weighted by Gasteiger charge is 2.32. The molecule has 1 fully saturated rings. The maximum Gasteiger partial charge on any atom is 0.267 e. The molecule has 0 saturated carbocycles. The number of hydrogen-bond acceptors (Lipinski definition) is 6. The molecule has 8 heteroatoms. The van der Waals surface area contributed by atoms with Gasteiger partial charge in [0.2, 0.25) is 0 Å². The number of benzene rings is 1. The molecule has 1 aromatic carbocycles. The number of aromatic nitrogens is 2. The summed E-state index contributed by atoms with van der Waals surface area (Å²) in [6.07, 6.45) is 5.95. The quantitative estimate of drug-likeness (QED) is 0.395. The number of carbonyl (C=O) groups is 1. The van der Waals surface area contributed by atoms with Gasteiger partial charge < -0.3 is 5.32 Å². The second-order valence-electron chi connectivity index (χ2n) is 7.46. The Kier molecular flexibility index (Phi) is 7.02. The summed E-state index contributed by atoms with van der Waals surface area (Å²) in [5.74, 6) is 0.317. The van der Waals surface area contributed by atoms with Crippen molar-refractivity contribution in [3.8, 4) is 0 Å². The zero-order valence-corrected chi connectivity index (χ0v) is 19.4. The van der Waals surface area contributed by atoms with Crippen LogP contribution in [0.1, 0.15) is 30.9 Å². The lowest BCUT2D eigenvalue weighted by molar-refractivity contribution is -0.122. The number of thioether (sulfide) groups is 1. The van der Waals surface area contributed by atoms with E-state index in [2.05, 4.69) is 29.4 Å². The fourth-order valence-corrected chi connectivity index (χ4v) is 4.77. The maximum absolute atomic E-state index is 13.3. The van der Waals surface area contributed by atoms with Crippen LogP contribution >= 0.6 is 24.0 Å². The lowest BCUT2D eigenvalue weighted by Gasteiger charge is -2.13. The lowest BCUT2D eigenvalue weighted by Crippen LogP contribution is -2.29. The molecule has 0 aliphatic carbocycles. The minimum atomic E-state index is -0.225. The van der Waals surface area contributed by atoms with Crippen molar-refractivity contribution < 1.29 is 4.79 Å². The number of rotatable bonds is 8. The van der Waals surface area contributed by atoms with E-state index >= 15 is 0 Å². The standard InChI is InChI=1S/C24H24N4O2S2/c1-2-3-14-28-23(30)19(32-24(28)31)16-18-21(25-13-12-17-9-5-4-6-10-17)26-20-11-7-8-15-27(20)22(18)29/h4-11,15-16,25H,2-3,12-14H2,1H3/b19-16-. The third-order valence-corrected chi connectivity index (χ3v) is 6.58. The van der Waals surface area contributed by atoms with E-state index in [1.807, 2.05) is 24.3 Å². The SMILES string of the molecule is CCCCN1C(=O)/C(=C/c2c(NCCc3ccccc3)nc3ccccn3c2=O)SC1=S. The van der Waals surface area contributed by atoms with Crippen LogP contribution in [0, 0.1) is 0 Å². The Morgan fingerprint density at radius 3 is 2.69 bits per heavy atom. The highest BCUT2D eigenvalue weighted by molar-refractivity contribution is 8.26. The fraction of sp³-hybridized carbons (Fsp3) is 0.250. The number of nitrogens with zero attached hydrogens (tertiary/aromatic N) is 3. The van der Waals surface area contributed by atoms with Gasteiger partial charge in [-0.05, 0) is 36.6 Å². The topological polar surface area (TPSA) is 66.7 Å². The van der Waals surface area contributed by atoms with E-state index in [1.54, 1.807) is 29.3 Å². The lowest BCUT2D eigenvalue weighted by atomic mass is 10.1. The van der Waals surface area contributed by atoms with Crippen LogP contribution in [-0.2, 0) is 11.2 Å². The van der Waals surface area contributed by atoms with E-state index in [-0.39, 0.29) is 11.5 Å². The van der Waals surface area contributed by atoms with Crippen LogP contribution in [0.15, 0.2) is 64.4 Å². The van der Waals surface area contributed by atoms with Gasteiger partial charge in [-0.1, -0.05) is 73.7 Å². The van der Waals surface area contributed by atoms with Gasteiger partial charge in [0.1, 0.15) is 15.8 Å². The molecule has 3 aromatic rings. The van der Waals surface area contributed by atoms with Crippen LogP contribution in [-0.4, -0.2) is 37.6 Å². The number of hydrogen-bond donors (Lipinski definition) is 1. The Balaban J connectivity index is 1.67. The van der Waals surface area contributed by atoms with Gasteiger partial charge in [0, 0.05) is 19.3 Å². The van der Waals surface area contributed by atoms with E-state index in [1.165, 1.54) is 21.7 Å². The minimum Gasteiger partial charge on any atom is -0.369 e. The van der Waals surface area contributed by atoms with Crippen molar-refractivity contribution in [2.24, 2.45) is 0 Å². The Morgan fingerprint density at radius 1 is 1.12 bits per heavy atom. The smallest absolute Gasteiger partial charge is 0.267 e. The average Bonchev–Trinajstić information content (AvgIpc) is 3.07. The molecular formula is C24H24N4O2S2. The van der Waals surface area contributed by atoms with Crippen LogP contribution in [0.5, 0.6) is 0 Å². The van der Waals surface area contributed by atoms with E-state index in [0.717, 1.165) is 19.3 Å². The van der Waals surface area contributed by atoms with Crippen molar-refractivity contribution in [2.45, 2.75) is 26.2 Å². The second kappa shape index (κ2) is 10.1. The fourth-order valence-electron chi connectivity index (χ4n) is 3.48. The summed E-state index contributed by atoms with van der Waals surface area (Å²) < 4.78 is 2.02. The van der Waals surface area contributed by atoms with Gasteiger partial charge in [-0.2, -0.15) is 0 Å². The first-order valence-corrected chi connectivity index (χ1v) is 11.9. The van der Waals surface area contributed by atoms with Crippen LogP contribution in [0.4, 0.5) is 5.82 Å². The molecule has 2 aromatic heterocycles. The molecule has 1 amide bonds. The first kappa shape index (κ1) is 22.2. The Bertz CT molecular complexity index is 1240. The minimum absolute atomic E-state index is 0.152. The Morgan fingerprint density at radius 2 is 1.91 bits per heavy atom. The van der Waals surface area contributed by atoms with Crippen molar-refractivity contribution in [3.63, 3.8) is 0 Å². The molecule has 1 aliphatic heterocycles. The Labute approximate surface area is 196 Å². The van der Waals surface area contributed by atoms with Gasteiger partial charge in [0.05, 0.1) is 10.5 Å². The van der Waals surface area contributed by atoms with Crippen molar-refractivity contribution in [3.05, 3.63) is 81.1 Å². The summed E-state index contributed by atoms with van der Waals surface area (Å²) in [5, 5.41) is 3.30. The molecule has 32 heavy (non-hydrogen) atoms. The number of unbranched alkanes of at least 4 members (excludes halogenated alkanes) is 1. The molecule has 164 valence electrons. The first-order chi connectivity index (χ1) is 15.6. The number of pyridine rings is 1. The normalized spacial score (nSPS) is 15.2. The molecule has 0 spiro atoms. The zero-order valence-electron chi connectivity index (χ0n) is 17.8. The van der Waals surface area contributed by atoms with E-state index < -0.39 is 0 Å².